The highest BCUT2D eigenvalue weighted by molar-refractivity contribution is 7.89. The number of nitrogens with one attached hydrogen (secondary N) is 1. The summed E-state index contributed by atoms with van der Waals surface area (Å²) >= 11 is 0.966. The van der Waals surface area contributed by atoms with Crippen LogP contribution >= 0.6 is 11.3 Å². The van der Waals surface area contributed by atoms with E-state index in [-0.39, 0.29) is 29.3 Å². The quantitative estimate of drug-likeness (QED) is 0.672. The molecule has 0 bridgehead atoms. The monoisotopic (exact) mass is 388 g/mol. The summed E-state index contributed by atoms with van der Waals surface area (Å²) in [6.07, 6.45) is 3.43. The number of carboxylic acids is 1. The number of nitrogens with zero attached hydrogens (tertiary/aromatic N) is 1. The Morgan fingerprint density at radius 3 is 2.72 bits per heavy atom. The normalized spacial score (nSPS) is 17.5. The highest BCUT2D eigenvalue weighted by Gasteiger charge is 2.32. The lowest BCUT2D eigenvalue weighted by Gasteiger charge is -2.26. The Balaban J connectivity index is 2.22. The molecule has 0 saturated carbocycles. The molecule has 1 amide bonds. The number of thiophene rings is 1. The maximum Gasteiger partial charge on any atom is 0.326 e. The molecule has 2 rings (SSSR count). The molecule has 0 aliphatic carbocycles. The molecule has 1 aromatic heterocycles. The molecule has 1 fully saturated rings. The van der Waals surface area contributed by atoms with Crippen molar-refractivity contribution in [2.75, 3.05) is 26.3 Å². The second-order valence-electron chi connectivity index (χ2n) is 5.30. The van der Waals surface area contributed by atoms with E-state index in [1.54, 1.807) is 19.1 Å². The molecule has 10 heteroatoms. The summed E-state index contributed by atoms with van der Waals surface area (Å²) < 4.78 is 31.9. The Labute approximate surface area is 150 Å². The number of morpholine rings is 1. The van der Waals surface area contributed by atoms with E-state index in [0.29, 0.717) is 13.2 Å². The third-order valence-electron chi connectivity index (χ3n) is 3.63. The van der Waals surface area contributed by atoms with E-state index in [1.165, 1.54) is 15.8 Å². The number of carbonyl (C=O) groups is 2. The second kappa shape index (κ2) is 8.56. The van der Waals surface area contributed by atoms with Crippen molar-refractivity contribution >= 4 is 33.2 Å². The van der Waals surface area contributed by atoms with Crippen LogP contribution in [0.15, 0.2) is 28.5 Å². The molecule has 1 aliphatic heterocycles. The molecule has 2 N–H and O–H groups in total. The van der Waals surface area contributed by atoms with Gasteiger partial charge in [-0.15, -0.1) is 11.3 Å². The van der Waals surface area contributed by atoms with E-state index >= 15 is 0 Å². The molecule has 1 atom stereocenters. The van der Waals surface area contributed by atoms with Crippen molar-refractivity contribution in [1.29, 1.82) is 0 Å². The minimum absolute atomic E-state index is 0.0155. The number of sulfonamides is 1. The number of hydrogen-bond donors (Lipinski definition) is 2. The van der Waals surface area contributed by atoms with Gasteiger partial charge in [-0.25, -0.2) is 13.2 Å². The van der Waals surface area contributed by atoms with E-state index < -0.39 is 27.9 Å². The lowest BCUT2D eigenvalue weighted by molar-refractivity contribution is -0.139. The van der Waals surface area contributed by atoms with Gasteiger partial charge >= 0.3 is 5.97 Å². The molecule has 25 heavy (non-hydrogen) atoms. The predicted octanol–water partition coefficient (Wildman–Crippen LogP) is 0.918. The maximum absolute atomic E-state index is 12.7. The van der Waals surface area contributed by atoms with Gasteiger partial charge in [0, 0.05) is 13.1 Å². The SMILES string of the molecule is C/C=C/CC(NC(=O)c1sccc1S(=O)(=O)N1CCOCC1)C(=O)O. The largest absolute Gasteiger partial charge is 0.480 e. The molecule has 8 nitrogen and oxygen atoms in total. The third kappa shape index (κ3) is 4.66. The van der Waals surface area contributed by atoms with E-state index in [1.807, 2.05) is 0 Å². The number of hydrogen-bond acceptors (Lipinski definition) is 6. The molecule has 0 radical (unpaired) electrons. The van der Waals surface area contributed by atoms with Crippen LogP contribution in [0.1, 0.15) is 23.0 Å². The van der Waals surface area contributed by atoms with Crippen LogP contribution in [0.25, 0.3) is 0 Å². The summed E-state index contributed by atoms with van der Waals surface area (Å²) in [6, 6.07) is 0.247. The molecule has 1 saturated heterocycles. The van der Waals surface area contributed by atoms with Crippen LogP contribution in [0, 0.1) is 0 Å². The van der Waals surface area contributed by atoms with Gasteiger partial charge < -0.3 is 15.2 Å². The highest BCUT2D eigenvalue weighted by atomic mass is 32.2. The Morgan fingerprint density at radius 2 is 2.12 bits per heavy atom. The minimum Gasteiger partial charge on any atom is -0.480 e. The fourth-order valence-electron chi connectivity index (χ4n) is 2.31. The van der Waals surface area contributed by atoms with Crippen molar-refractivity contribution < 1.29 is 27.9 Å². The van der Waals surface area contributed by atoms with Crippen LogP contribution in [0.4, 0.5) is 0 Å². The zero-order valence-corrected chi connectivity index (χ0v) is 15.3. The van der Waals surface area contributed by atoms with Gasteiger partial charge in [0.25, 0.3) is 5.91 Å². The Hall–Kier alpha value is -1.75. The van der Waals surface area contributed by atoms with Gasteiger partial charge in [0.15, 0.2) is 0 Å². The highest BCUT2D eigenvalue weighted by Crippen LogP contribution is 2.26. The number of rotatable bonds is 7. The van der Waals surface area contributed by atoms with Gasteiger partial charge in [0.05, 0.1) is 13.2 Å². The fourth-order valence-corrected chi connectivity index (χ4v) is 5.02. The average Bonchev–Trinajstić information content (AvgIpc) is 3.09. The molecule has 1 aromatic rings. The molecule has 0 aromatic carbocycles. The first-order chi connectivity index (χ1) is 11.9. The zero-order valence-electron chi connectivity index (χ0n) is 13.7. The minimum atomic E-state index is -3.83. The van der Waals surface area contributed by atoms with E-state index in [4.69, 9.17) is 4.74 Å². The molecule has 1 aliphatic rings. The van der Waals surface area contributed by atoms with E-state index in [0.717, 1.165) is 11.3 Å². The van der Waals surface area contributed by atoms with Crippen LogP contribution in [0.2, 0.25) is 0 Å². The first-order valence-electron chi connectivity index (χ1n) is 7.68. The van der Waals surface area contributed by atoms with Gasteiger partial charge in [0.1, 0.15) is 15.8 Å². The van der Waals surface area contributed by atoms with Gasteiger partial charge in [-0.2, -0.15) is 4.31 Å². The summed E-state index contributed by atoms with van der Waals surface area (Å²) in [7, 11) is -3.83. The number of carboxylic acid groups (broad SMARTS) is 1. The van der Waals surface area contributed by atoms with Gasteiger partial charge in [0.2, 0.25) is 10.0 Å². The van der Waals surface area contributed by atoms with E-state index in [2.05, 4.69) is 5.32 Å². The number of amides is 1. The fraction of sp³-hybridized carbons (Fsp3) is 0.467. The molecule has 0 spiro atoms. The van der Waals surface area contributed by atoms with E-state index in [9.17, 15) is 23.1 Å². The lowest BCUT2D eigenvalue weighted by Crippen LogP contribution is -2.42. The van der Waals surface area contributed by atoms with Crippen molar-refractivity contribution in [2.45, 2.75) is 24.3 Å². The topological polar surface area (TPSA) is 113 Å². The smallest absolute Gasteiger partial charge is 0.326 e. The van der Waals surface area contributed by atoms with Gasteiger partial charge in [-0.3, -0.25) is 4.79 Å². The molecular formula is C15H20N2O6S2. The number of aliphatic carboxylic acids is 1. The van der Waals surface area contributed by atoms with Crippen molar-refractivity contribution in [2.24, 2.45) is 0 Å². The van der Waals surface area contributed by atoms with Crippen molar-refractivity contribution in [3.63, 3.8) is 0 Å². The standard InChI is InChI=1S/C15H20N2O6S2/c1-2-3-4-11(15(19)20)16-14(18)13-12(5-10-24-13)25(21,22)17-6-8-23-9-7-17/h2-3,5,10-11H,4,6-9H2,1H3,(H,16,18)(H,19,20)/b3-2+. The van der Waals surface area contributed by atoms with Crippen LogP contribution in [0.5, 0.6) is 0 Å². The van der Waals surface area contributed by atoms with Gasteiger partial charge in [-0.1, -0.05) is 12.2 Å². The summed E-state index contributed by atoms with van der Waals surface area (Å²) in [5.41, 5.74) is 0. The van der Waals surface area contributed by atoms with Crippen LogP contribution in [-0.4, -0.2) is 62.1 Å². The maximum atomic E-state index is 12.7. The lowest BCUT2D eigenvalue weighted by atomic mass is 10.2. The third-order valence-corrected chi connectivity index (χ3v) is 6.62. The van der Waals surface area contributed by atoms with Crippen molar-refractivity contribution in [3.8, 4) is 0 Å². The summed E-state index contributed by atoms with van der Waals surface area (Å²) in [5, 5.41) is 13.1. The summed E-state index contributed by atoms with van der Waals surface area (Å²) in [4.78, 5) is 23.6. The van der Waals surface area contributed by atoms with Crippen LogP contribution < -0.4 is 5.32 Å². The predicted molar refractivity (Wildman–Crippen MR) is 92.2 cm³/mol. The van der Waals surface area contributed by atoms with Crippen LogP contribution in [-0.2, 0) is 19.6 Å². The first kappa shape index (κ1) is 19.6. The molecule has 2 heterocycles. The molecule has 138 valence electrons. The number of ether oxygens (including phenoxy) is 1. The zero-order chi connectivity index (χ0) is 18.4. The molecular weight excluding hydrogens is 368 g/mol. The average molecular weight is 388 g/mol. The Morgan fingerprint density at radius 1 is 1.44 bits per heavy atom. The Kier molecular flexibility index (Phi) is 6.71. The van der Waals surface area contributed by atoms with Crippen molar-refractivity contribution in [1.82, 2.24) is 9.62 Å². The second-order valence-corrected chi connectivity index (χ2v) is 8.12. The van der Waals surface area contributed by atoms with Gasteiger partial charge in [-0.05, 0) is 24.8 Å². The number of carbonyl (C=O) groups excluding carboxylic acids is 1. The number of allylic oxidation sites excluding steroid dienone is 1. The first-order valence-corrected chi connectivity index (χ1v) is 10.00. The van der Waals surface area contributed by atoms with Crippen molar-refractivity contribution in [3.05, 3.63) is 28.5 Å². The van der Waals surface area contributed by atoms with Crippen LogP contribution in [0.3, 0.4) is 0 Å². The Bertz CT molecular complexity index is 750. The summed E-state index contributed by atoms with van der Waals surface area (Å²) in [6.45, 7) is 2.79. The molecule has 1 unspecified atom stereocenters. The summed E-state index contributed by atoms with van der Waals surface area (Å²) in [5.74, 6) is -1.89.